The highest BCUT2D eigenvalue weighted by molar-refractivity contribution is 5.66. The van der Waals surface area contributed by atoms with Gasteiger partial charge in [0.1, 0.15) is 5.75 Å². The van der Waals surface area contributed by atoms with Gasteiger partial charge in [-0.15, -0.1) is 0 Å². The second-order valence-corrected chi connectivity index (χ2v) is 5.70. The van der Waals surface area contributed by atoms with Crippen molar-refractivity contribution in [2.75, 3.05) is 5.73 Å². The zero-order valence-electron chi connectivity index (χ0n) is 11.8. The normalized spacial score (nSPS) is 11.8. The molecule has 0 aromatic heterocycles. The second kappa shape index (κ2) is 4.99. The van der Waals surface area contributed by atoms with Gasteiger partial charge in [0.15, 0.2) is 0 Å². The van der Waals surface area contributed by atoms with Crippen molar-refractivity contribution in [3.63, 3.8) is 0 Å². The number of rotatable bonds is 3. The average molecular weight is 235 g/mol. The maximum absolute atomic E-state index is 10.3. The number of nitrogen functional groups attached to an aromatic ring is 1. The molecule has 0 saturated carbocycles. The fourth-order valence-electron chi connectivity index (χ4n) is 2.30. The molecule has 2 nitrogen and oxygen atoms in total. The van der Waals surface area contributed by atoms with Gasteiger partial charge in [-0.25, -0.2) is 0 Å². The monoisotopic (exact) mass is 235 g/mol. The number of hydrogen-bond donors (Lipinski definition) is 2. The van der Waals surface area contributed by atoms with Gasteiger partial charge < -0.3 is 10.8 Å². The Kier molecular flexibility index (Phi) is 4.07. The molecule has 0 aliphatic carbocycles. The Morgan fingerprint density at radius 3 is 1.71 bits per heavy atom. The minimum absolute atomic E-state index is 0.287. The molecule has 0 atom stereocenters. The maximum atomic E-state index is 10.3. The van der Waals surface area contributed by atoms with Gasteiger partial charge in [0.25, 0.3) is 0 Å². The minimum Gasteiger partial charge on any atom is -0.505 e. The largest absolute Gasteiger partial charge is 0.505 e. The first-order chi connectivity index (χ1) is 7.77. The molecule has 0 unspecified atom stereocenters. The number of aromatic hydroxyl groups is 1. The number of phenols is 1. The summed E-state index contributed by atoms with van der Waals surface area (Å²) in [5.74, 6) is 1.31. The Labute approximate surface area is 105 Å². The van der Waals surface area contributed by atoms with Gasteiger partial charge >= 0.3 is 0 Å². The van der Waals surface area contributed by atoms with Crippen molar-refractivity contribution in [1.29, 1.82) is 0 Å². The van der Waals surface area contributed by atoms with E-state index in [0.29, 0.717) is 17.5 Å². The van der Waals surface area contributed by atoms with Crippen LogP contribution in [-0.4, -0.2) is 5.11 Å². The third-order valence-electron chi connectivity index (χ3n) is 3.26. The van der Waals surface area contributed by atoms with Crippen molar-refractivity contribution in [1.82, 2.24) is 0 Å². The molecule has 96 valence electrons. The SMILES string of the molecule is CC(C)c1cc(C(C)C)c(C(C)C)c(O)c1N. The minimum atomic E-state index is 0.287. The summed E-state index contributed by atoms with van der Waals surface area (Å²) in [6.45, 7) is 12.7. The van der Waals surface area contributed by atoms with E-state index in [0.717, 1.165) is 11.1 Å². The molecular formula is C15H25NO. The summed E-state index contributed by atoms with van der Waals surface area (Å²) in [5.41, 5.74) is 9.86. The van der Waals surface area contributed by atoms with E-state index in [1.165, 1.54) is 5.56 Å². The number of phenolic OH excluding ortho intramolecular Hbond substituents is 1. The van der Waals surface area contributed by atoms with E-state index in [-0.39, 0.29) is 11.7 Å². The second-order valence-electron chi connectivity index (χ2n) is 5.70. The summed E-state index contributed by atoms with van der Waals surface area (Å²) < 4.78 is 0. The topological polar surface area (TPSA) is 46.2 Å². The van der Waals surface area contributed by atoms with Crippen LogP contribution in [-0.2, 0) is 0 Å². The van der Waals surface area contributed by atoms with Crippen LogP contribution in [0.4, 0.5) is 5.69 Å². The van der Waals surface area contributed by atoms with Crippen molar-refractivity contribution in [3.05, 3.63) is 22.8 Å². The molecule has 0 radical (unpaired) electrons. The standard InChI is InChI=1S/C15H25NO/c1-8(2)11-7-12(9(3)4)14(16)15(17)13(11)10(5)6/h7-10,17H,16H2,1-6H3. The Morgan fingerprint density at radius 1 is 0.882 bits per heavy atom. The molecule has 0 bridgehead atoms. The van der Waals surface area contributed by atoms with Crippen LogP contribution in [0.15, 0.2) is 6.07 Å². The van der Waals surface area contributed by atoms with Crippen molar-refractivity contribution in [2.24, 2.45) is 0 Å². The smallest absolute Gasteiger partial charge is 0.142 e. The van der Waals surface area contributed by atoms with E-state index < -0.39 is 0 Å². The highest BCUT2D eigenvalue weighted by Crippen LogP contribution is 2.41. The zero-order valence-corrected chi connectivity index (χ0v) is 11.8. The molecule has 2 heteroatoms. The van der Waals surface area contributed by atoms with Crippen LogP contribution in [0.5, 0.6) is 5.75 Å². The first-order valence-corrected chi connectivity index (χ1v) is 6.42. The number of nitrogens with two attached hydrogens (primary N) is 1. The van der Waals surface area contributed by atoms with Crippen molar-refractivity contribution in [2.45, 2.75) is 59.3 Å². The van der Waals surface area contributed by atoms with Gasteiger partial charge in [-0.2, -0.15) is 0 Å². The molecule has 17 heavy (non-hydrogen) atoms. The lowest BCUT2D eigenvalue weighted by atomic mass is 9.85. The third-order valence-corrected chi connectivity index (χ3v) is 3.26. The van der Waals surface area contributed by atoms with Gasteiger partial charge in [-0.05, 0) is 28.9 Å². The molecule has 1 rings (SSSR count). The molecule has 0 aliphatic rings. The van der Waals surface area contributed by atoms with E-state index >= 15 is 0 Å². The first-order valence-electron chi connectivity index (χ1n) is 6.42. The summed E-state index contributed by atoms with van der Waals surface area (Å²) in [6, 6.07) is 2.17. The van der Waals surface area contributed by atoms with Crippen molar-refractivity contribution >= 4 is 5.69 Å². The summed E-state index contributed by atoms with van der Waals surface area (Å²) in [4.78, 5) is 0. The molecule has 1 aromatic carbocycles. The van der Waals surface area contributed by atoms with Crippen LogP contribution in [0.25, 0.3) is 0 Å². The lowest BCUT2D eigenvalue weighted by molar-refractivity contribution is 0.464. The van der Waals surface area contributed by atoms with Gasteiger partial charge in [0, 0.05) is 5.56 Å². The predicted octanol–water partition coefficient (Wildman–Crippen LogP) is 4.34. The lowest BCUT2D eigenvalue weighted by Gasteiger charge is -2.22. The Morgan fingerprint density at radius 2 is 1.35 bits per heavy atom. The molecule has 1 aromatic rings. The molecule has 0 aliphatic heterocycles. The summed E-state index contributed by atoms with van der Waals surface area (Å²) in [5, 5.41) is 10.3. The van der Waals surface area contributed by atoms with E-state index in [2.05, 4.69) is 47.6 Å². The summed E-state index contributed by atoms with van der Waals surface area (Å²) >= 11 is 0. The predicted molar refractivity (Wildman–Crippen MR) is 74.8 cm³/mol. The molecule has 3 N–H and O–H groups in total. The number of benzene rings is 1. The van der Waals surface area contributed by atoms with E-state index in [4.69, 9.17) is 5.73 Å². The van der Waals surface area contributed by atoms with Crippen molar-refractivity contribution in [3.8, 4) is 5.75 Å². The number of hydrogen-bond acceptors (Lipinski definition) is 2. The van der Waals surface area contributed by atoms with E-state index in [1.807, 2.05) is 0 Å². The first kappa shape index (κ1) is 13.9. The van der Waals surface area contributed by atoms with E-state index in [9.17, 15) is 5.11 Å². The molecule has 0 spiro atoms. The molecular weight excluding hydrogens is 210 g/mol. The molecule has 0 heterocycles. The highest BCUT2D eigenvalue weighted by atomic mass is 16.3. The van der Waals surface area contributed by atoms with Crippen LogP contribution >= 0.6 is 0 Å². The summed E-state index contributed by atoms with van der Waals surface area (Å²) in [6.07, 6.45) is 0. The van der Waals surface area contributed by atoms with Crippen molar-refractivity contribution < 1.29 is 5.11 Å². The fraction of sp³-hybridized carbons (Fsp3) is 0.600. The van der Waals surface area contributed by atoms with Gasteiger partial charge in [-0.3, -0.25) is 0 Å². The third kappa shape index (κ3) is 2.56. The fourth-order valence-corrected chi connectivity index (χ4v) is 2.30. The zero-order chi connectivity index (χ0) is 13.3. The molecule has 0 saturated heterocycles. The van der Waals surface area contributed by atoms with Crippen LogP contribution < -0.4 is 5.73 Å². The maximum Gasteiger partial charge on any atom is 0.142 e. The molecule has 0 amide bonds. The van der Waals surface area contributed by atoms with Crippen LogP contribution in [0.1, 0.15) is 76.0 Å². The van der Waals surface area contributed by atoms with Gasteiger partial charge in [0.05, 0.1) is 5.69 Å². The highest BCUT2D eigenvalue weighted by Gasteiger charge is 2.20. The average Bonchev–Trinajstić information content (AvgIpc) is 2.19. The Bertz CT molecular complexity index is 406. The quantitative estimate of drug-likeness (QED) is 0.604. The van der Waals surface area contributed by atoms with Gasteiger partial charge in [0.2, 0.25) is 0 Å². The summed E-state index contributed by atoms with van der Waals surface area (Å²) in [7, 11) is 0. The molecule has 0 fully saturated rings. The van der Waals surface area contributed by atoms with Crippen LogP contribution in [0.3, 0.4) is 0 Å². The lowest BCUT2D eigenvalue weighted by Crippen LogP contribution is -2.06. The Balaban J connectivity index is 3.57. The number of anilines is 1. The Hall–Kier alpha value is -1.18. The van der Waals surface area contributed by atoms with Crippen LogP contribution in [0, 0.1) is 0 Å². The van der Waals surface area contributed by atoms with Gasteiger partial charge in [-0.1, -0.05) is 47.6 Å². The van der Waals surface area contributed by atoms with Crippen LogP contribution in [0.2, 0.25) is 0 Å². The van der Waals surface area contributed by atoms with E-state index in [1.54, 1.807) is 0 Å².